The molecular formula is C22H28N2O2. The second-order valence-corrected chi connectivity index (χ2v) is 7.13. The van der Waals surface area contributed by atoms with Crippen molar-refractivity contribution in [3.63, 3.8) is 0 Å². The molecule has 4 heteroatoms. The van der Waals surface area contributed by atoms with Crippen molar-refractivity contribution < 1.29 is 10.2 Å². The largest absolute Gasteiger partial charge is 0.392 e. The monoisotopic (exact) mass is 352 g/mol. The first kappa shape index (κ1) is 18.6. The minimum Gasteiger partial charge on any atom is -0.392 e. The van der Waals surface area contributed by atoms with Gasteiger partial charge in [0.15, 0.2) is 0 Å². The van der Waals surface area contributed by atoms with E-state index in [4.69, 9.17) is 5.73 Å². The van der Waals surface area contributed by atoms with Gasteiger partial charge in [-0.2, -0.15) is 0 Å². The molecule has 0 aromatic heterocycles. The van der Waals surface area contributed by atoms with E-state index in [2.05, 4.69) is 36.2 Å². The number of nitrogens with one attached hydrogen (secondary N) is 1. The minimum atomic E-state index is -0.567. The molecule has 3 rings (SSSR count). The number of rotatable bonds is 8. The van der Waals surface area contributed by atoms with Crippen molar-refractivity contribution in [2.75, 3.05) is 6.54 Å². The lowest BCUT2D eigenvalue weighted by molar-refractivity contribution is 0.137. The van der Waals surface area contributed by atoms with Crippen molar-refractivity contribution in [1.29, 1.82) is 0 Å². The molecule has 1 aliphatic rings. The highest BCUT2D eigenvalue weighted by molar-refractivity contribution is 5.37. The third kappa shape index (κ3) is 4.33. The molecule has 0 amide bonds. The first-order valence-corrected chi connectivity index (χ1v) is 9.21. The van der Waals surface area contributed by atoms with Gasteiger partial charge in [-0.05, 0) is 29.5 Å². The van der Waals surface area contributed by atoms with Crippen LogP contribution in [0, 0.1) is 5.92 Å². The number of allylic oxidation sites excluding steroid dienone is 1. The Bertz CT molecular complexity index is 732. The summed E-state index contributed by atoms with van der Waals surface area (Å²) in [5, 5.41) is 24.0. The molecule has 0 heterocycles. The maximum Gasteiger partial charge on any atom is 0.0823 e. The highest BCUT2D eigenvalue weighted by atomic mass is 16.3. The van der Waals surface area contributed by atoms with Crippen molar-refractivity contribution in [2.45, 2.75) is 37.5 Å². The standard InChI is InChI=1S/C22H28N2O2/c1-15(24-22-20-10-6-5-9-17(20)13-21(22)26)18(12-19(25)14-23)11-16-7-3-2-4-8-16/h2-10,18-19,21-22,24-26H,1,11-14,23H2/t18-,19+,21-,22+/m1/s1. The SMILES string of the molecule is C=C(N[C@H]1c2ccccc2C[C@H]1O)[C@H](Cc1ccccc1)C[C@H](O)CN. The summed E-state index contributed by atoms with van der Waals surface area (Å²) in [6.45, 7) is 4.46. The molecular weight excluding hydrogens is 324 g/mol. The highest BCUT2D eigenvalue weighted by Crippen LogP contribution is 2.33. The molecule has 0 saturated carbocycles. The van der Waals surface area contributed by atoms with Gasteiger partial charge in [0.1, 0.15) is 0 Å². The van der Waals surface area contributed by atoms with Gasteiger partial charge in [0, 0.05) is 24.6 Å². The zero-order valence-electron chi connectivity index (χ0n) is 15.0. The van der Waals surface area contributed by atoms with Crippen LogP contribution < -0.4 is 11.1 Å². The Morgan fingerprint density at radius 3 is 2.58 bits per heavy atom. The summed E-state index contributed by atoms with van der Waals surface area (Å²) in [4.78, 5) is 0. The molecule has 2 aromatic carbocycles. The van der Waals surface area contributed by atoms with Gasteiger partial charge in [-0.25, -0.2) is 0 Å². The van der Waals surface area contributed by atoms with Crippen molar-refractivity contribution in [1.82, 2.24) is 5.32 Å². The summed E-state index contributed by atoms with van der Waals surface area (Å²) in [6, 6.07) is 18.1. The number of hydrogen-bond acceptors (Lipinski definition) is 4. The van der Waals surface area contributed by atoms with E-state index in [0.717, 1.165) is 17.7 Å². The number of hydrogen-bond donors (Lipinski definition) is 4. The van der Waals surface area contributed by atoms with Crippen LogP contribution in [0.25, 0.3) is 0 Å². The van der Waals surface area contributed by atoms with Gasteiger partial charge in [0.2, 0.25) is 0 Å². The fourth-order valence-corrected chi connectivity index (χ4v) is 3.74. The third-order valence-corrected chi connectivity index (χ3v) is 5.19. The minimum absolute atomic E-state index is 0.0379. The van der Waals surface area contributed by atoms with Gasteiger partial charge < -0.3 is 21.3 Å². The summed E-state index contributed by atoms with van der Waals surface area (Å²) in [7, 11) is 0. The Morgan fingerprint density at radius 2 is 1.85 bits per heavy atom. The summed E-state index contributed by atoms with van der Waals surface area (Å²) in [5.74, 6) is 0.0379. The van der Waals surface area contributed by atoms with E-state index < -0.39 is 12.2 Å². The van der Waals surface area contributed by atoms with E-state index in [9.17, 15) is 10.2 Å². The molecule has 0 aliphatic heterocycles. The maximum absolute atomic E-state index is 10.5. The summed E-state index contributed by atoms with van der Waals surface area (Å²) >= 11 is 0. The number of benzene rings is 2. The van der Waals surface area contributed by atoms with Gasteiger partial charge in [-0.15, -0.1) is 0 Å². The molecule has 0 spiro atoms. The van der Waals surface area contributed by atoms with Crippen molar-refractivity contribution in [3.8, 4) is 0 Å². The fourth-order valence-electron chi connectivity index (χ4n) is 3.74. The van der Waals surface area contributed by atoms with Gasteiger partial charge in [-0.1, -0.05) is 61.2 Å². The van der Waals surface area contributed by atoms with E-state index in [-0.39, 0.29) is 18.5 Å². The quantitative estimate of drug-likeness (QED) is 0.588. The zero-order valence-corrected chi connectivity index (χ0v) is 15.0. The zero-order chi connectivity index (χ0) is 18.5. The third-order valence-electron chi connectivity index (χ3n) is 5.19. The number of fused-ring (bicyclic) bond motifs is 1. The number of aliphatic hydroxyl groups excluding tert-OH is 2. The molecule has 0 unspecified atom stereocenters. The Labute approximate surface area is 155 Å². The van der Waals surface area contributed by atoms with E-state index in [1.165, 1.54) is 11.1 Å². The highest BCUT2D eigenvalue weighted by Gasteiger charge is 2.32. The smallest absolute Gasteiger partial charge is 0.0823 e. The maximum atomic E-state index is 10.5. The van der Waals surface area contributed by atoms with Crippen LogP contribution in [0.4, 0.5) is 0 Å². The average molecular weight is 352 g/mol. The van der Waals surface area contributed by atoms with Crippen LogP contribution in [0.3, 0.4) is 0 Å². The second kappa shape index (κ2) is 8.49. The van der Waals surface area contributed by atoms with Gasteiger partial charge in [0.05, 0.1) is 18.2 Å². The first-order valence-electron chi connectivity index (χ1n) is 9.21. The van der Waals surface area contributed by atoms with Crippen molar-refractivity contribution >= 4 is 0 Å². The molecule has 0 bridgehead atoms. The van der Waals surface area contributed by atoms with Crippen LogP contribution in [-0.4, -0.2) is 29.0 Å². The predicted octanol–water partition coefficient (Wildman–Crippen LogP) is 2.32. The molecule has 0 saturated heterocycles. The Balaban J connectivity index is 1.74. The van der Waals surface area contributed by atoms with Gasteiger partial charge in [-0.3, -0.25) is 0 Å². The lowest BCUT2D eigenvalue weighted by atomic mass is 9.90. The number of nitrogens with two attached hydrogens (primary N) is 1. The van der Waals surface area contributed by atoms with Crippen molar-refractivity contribution in [2.24, 2.45) is 11.7 Å². The molecule has 26 heavy (non-hydrogen) atoms. The molecule has 138 valence electrons. The first-order chi connectivity index (χ1) is 12.6. The second-order valence-electron chi connectivity index (χ2n) is 7.13. The molecule has 4 nitrogen and oxygen atoms in total. The molecule has 0 radical (unpaired) electrons. The molecule has 1 aliphatic carbocycles. The Kier molecular flexibility index (Phi) is 6.09. The van der Waals surface area contributed by atoms with Gasteiger partial charge >= 0.3 is 0 Å². The lowest BCUT2D eigenvalue weighted by Crippen LogP contribution is -2.33. The summed E-state index contributed by atoms with van der Waals surface area (Å²) < 4.78 is 0. The molecule has 2 aromatic rings. The van der Waals surface area contributed by atoms with E-state index >= 15 is 0 Å². The normalized spacial score (nSPS) is 21.0. The van der Waals surface area contributed by atoms with Crippen LogP contribution >= 0.6 is 0 Å². The topological polar surface area (TPSA) is 78.5 Å². The average Bonchev–Trinajstić information content (AvgIpc) is 2.97. The fraction of sp³-hybridized carbons (Fsp3) is 0.364. The number of aliphatic hydroxyl groups is 2. The molecule has 5 N–H and O–H groups in total. The predicted molar refractivity (Wildman–Crippen MR) is 104 cm³/mol. The van der Waals surface area contributed by atoms with E-state index in [0.29, 0.717) is 12.8 Å². The van der Waals surface area contributed by atoms with Crippen LogP contribution in [-0.2, 0) is 12.8 Å². The summed E-state index contributed by atoms with van der Waals surface area (Å²) in [6.07, 6.45) is 0.926. The van der Waals surface area contributed by atoms with Crippen molar-refractivity contribution in [3.05, 3.63) is 83.6 Å². The molecule has 4 atom stereocenters. The van der Waals surface area contributed by atoms with Crippen LogP contribution in [0.2, 0.25) is 0 Å². The van der Waals surface area contributed by atoms with Crippen LogP contribution in [0.15, 0.2) is 66.9 Å². The van der Waals surface area contributed by atoms with Crippen LogP contribution in [0.1, 0.15) is 29.2 Å². The Hall–Kier alpha value is -2.14. The lowest BCUT2D eigenvalue weighted by Gasteiger charge is -2.28. The van der Waals surface area contributed by atoms with E-state index in [1.807, 2.05) is 30.3 Å². The summed E-state index contributed by atoms with van der Waals surface area (Å²) in [5.41, 5.74) is 9.95. The van der Waals surface area contributed by atoms with Crippen LogP contribution in [0.5, 0.6) is 0 Å². The Morgan fingerprint density at radius 1 is 1.15 bits per heavy atom. The van der Waals surface area contributed by atoms with Gasteiger partial charge in [0.25, 0.3) is 0 Å². The molecule has 0 fully saturated rings. The van der Waals surface area contributed by atoms with E-state index in [1.54, 1.807) is 0 Å².